The van der Waals surface area contributed by atoms with Gasteiger partial charge in [-0.05, 0) is 11.0 Å². The lowest BCUT2D eigenvalue weighted by molar-refractivity contribution is 0.0950. The van der Waals surface area contributed by atoms with Crippen LogP contribution in [0.2, 0.25) is 0 Å². The molecule has 20 heavy (non-hydrogen) atoms. The van der Waals surface area contributed by atoms with Crippen LogP contribution in [0, 0.1) is 5.41 Å². The van der Waals surface area contributed by atoms with E-state index in [9.17, 15) is 0 Å². The van der Waals surface area contributed by atoms with Crippen molar-refractivity contribution < 1.29 is 0 Å². The van der Waals surface area contributed by atoms with Crippen LogP contribution in [-0.2, 0) is 0 Å². The van der Waals surface area contributed by atoms with Gasteiger partial charge in [0, 0.05) is 36.8 Å². The fraction of sp³-hybridized carbons (Fsp3) is 0.529. The van der Waals surface area contributed by atoms with Crippen molar-refractivity contribution in [3.8, 4) is 0 Å². The number of hydrogen-bond acceptors (Lipinski definition) is 2. The molecule has 0 aromatic heterocycles. The van der Waals surface area contributed by atoms with E-state index in [-0.39, 0.29) is 5.41 Å². The van der Waals surface area contributed by atoms with Crippen molar-refractivity contribution in [3.05, 3.63) is 47.5 Å². The maximum Gasteiger partial charge on any atom is 0.0477 e. The first-order valence-electron chi connectivity index (χ1n) is 7.23. The zero-order valence-corrected chi connectivity index (χ0v) is 13.5. The molecule has 110 valence electrons. The standard InChI is InChI=1S/C17H25ClN2/c1-13(18)11-20-12-16(17(2,3)4)19-10-15(20)14-8-6-5-7-9-14/h5-9,15-16,19H,1,10-12H2,2-4H3. The van der Waals surface area contributed by atoms with Crippen molar-refractivity contribution in [1.82, 2.24) is 10.2 Å². The molecule has 0 aliphatic carbocycles. The SMILES string of the molecule is C=C(Cl)CN1CC(C(C)(C)C)NCC1c1ccccc1. The van der Waals surface area contributed by atoms with Crippen LogP contribution in [0.25, 0.3) is 0 Å². The Morgan fingerprint density at radius 1 is 1.35 bits per heavy atom. The second-order valence-electron chi connectivity index (χ2n) is 6.70. The molecule has 0 amide bonds. The molecule has 2 unspecified atom stereocenters. The number of hydrogen-bond donors (Lipinski definition) is 1. The van der Waals surface area contributed by atoms with Gasteiger partial charge in [0.15, 0.2) is 0 Å². The summed E-state index contributed by atoms with van der Waals surface area (Å²) in [6.07, 6.45) is 0. The van der Waals surface area contributed by atoms with E-state index < -0.39 is 0 Å². The summed E-state index contributed by atoms with van der Waals surface area (Å²) in [6, 6.07) is 11.5. The van der Waals surface area contributed by atoms with Gasteiger partial charge < -0.3 is 5.32 Å². The second-order valence-corrected chi connectivity index (χ2v) is 7.23. The molecule has 1 fully saturated rings. The van der Waals surface area contributed by atoms with Crippen LogP contribution >= 0.6 is 11.6 Å². The summed E-state index contributed by atoms with van der Waals surface area (Å²) in [4.78, 5) is 2.44. The minimum Gasteiger partial charge on any atom is -0.310 e. The normalized spacial score (nSPS) is 24.6. The molecule has 1 heterocycles. The fourth-order valence-electron chi connectivity index (χ4n) is 2.79. The molecule has 2 atom stereocenters. The van der Waals surface area contributed by atoms with Gasteiger partial charge in [-0.1, -0.05) is 69.3 Å². The molecule has 1 saturated heterocycles. The molecular weight excluding hydrogens is 268 g/mol. The van der Waals surface area contributed by atoms with E-state index in [1.165, 1.54) is 5.56 Å². The number of nitrogens with zero attached hydrogens (tertiary/aromatic N) is 1. The molecule has 1 aliphatic rings. The Bertz CT molecular complexity index is 450. The molecule has 0 spiro atoms. The van der Waals surface area contributed by atoms with Crippen molar-refractivity contribution in [3.63, 3.8) is 0 Å². The largest absolute Gasteiger partial charge is 0.310 e. The minimum absolute atomic E-state index is 0.244. The van der Waals surface area contributed by atoms with Gasteiger partial charge in [0.2, 0.25) is 0 Å². The minimum atomic E-state index is 0.244. The van der Waals surface area contributed by atoms with Crippen molar-refractivity contribution in [1.29, 1.82) is 0 Å². The van der Waals surface area contributed by atoms with E-state index in [1.54, 1.807) is 0 Å². The van der Waals surface area contributed by atoms with Gasteiger partial charge in [-0.25, -0.2) is 0 Å². The summed E-state index contributed by atoms with van der Waals surface area (Å²) in [5, 5.41) is 4.41. The van der Waals surface area contributed by atoms with Crippen LogP contribution in [0.4, 0.5) is 0 Å². The first-order valence-corrected chi connectivity index (χ1v) is 7.61. The van der Waals surface area contributed by atoms with E-state index in [0.717, 1.165) is 19.6 Å². The van der Waals surface area contributed by atoms with Crippen molar-refractivity contribution in [2.75, 3.05) is 19.6 Å². The van der Waals surface area contributed by atoms with Gasteiger partial charge in [-0.15, -0.1) is 0 Å². The van der Waals surface area contributed by atoms with Crippen LogP contribution in [0.1, 0.15) is 32.4 Å². The maximum absolute atomic E-state index is 6.07. The highest BCUT2D eigenvalue weighted by atomic mass is 35.5. The van der Waals surface area contributed by atoms with Crippen LogP contribution < -0.4 is 5.32 Å². The molecule has 2 nitrogen and oxygen atoms in total. The van der Waals surface area contributed by atoms with Gasteiger partial charge in [0.05, 0.1) is 0 Å². The third-order valence-corrected chi connectivity index (χ3v) is 4.14. The van der Waals surface area contributed by atoms with Gasteiger partial charge in [-0.3, -0.25) is 4.90 Å². The summed E-state index contributed by atoms with van der Waals surface area (Å²) in [7, 11) is 0. The summed E-state index contributed by atoms with van der Waals surface area (Å²) >= 11 is 6.07. The van der Waals surface area contributed by atoms with E-state index >= 15 is 0 Å². The maximum atomic E-state index is 6.07. The summed E-state index contributed by atoms with van der Waals surface area (Å²) < 4.78 is 0. The first kappa shape index (κ1) is 15.6. The summed E-state index contributed by atoms with van der Waals surface area (Å²) in [6.45, 7) is 13.4. The van der Waals surface area contributed by atoms with Gasteiger partial charge in [-0.2, -0.15) is 0 Å². The highest BCUT2D eigenvalue weighted by Gasteiger charge is 2.34. The average Bonchev–Trinajstić information content (AvgIpc) is 2.38. The van der Waals surface area contributed by atoms with Crippen LogP contribution in [-0.4, -0.2) is 30.6 Å². The van der Waals surface area contributed by atoms with E-state index in [0.29, 0.717) is 17.1 Å². The number of benzene rings is 1. The third kappa shape index (κ3) is 3.85. The second kappa shape index (κ2) is 6.30. The highest BCUT2D eigenvalue weighted by Crippen LogP contribution is 2.30. The molecule has 1 aliphatic heterocycles. The number of rotatable bonds is 3. The topological polar surface area (TPSA) is 15.3 Å². The lowest BCUT2D eigenvalue weighted by Crippen LogP contribution is -2.57. The Hall–Kier alpha value is -0.830. The summed E-state index contributed by atoms with van der Waals surface area (Å²) in [5.41, 5.74) is 1.58. The first-order chi connectivity index (χ1) is 9.38. The van der Waals surface area contributed by atoms with Crippen LogP contribution in [0.5, 0.6) is 0 Å². The Balaban J connectivity index is 2.18. The van der Waals surface area contributed by atoms with Crippen LogP contribution in [0.3, 0.4) is 0 Å². The Morgan fingerprint density at radius 2 is 2.00 bits per heavy atom. The smallest absolute Gasteiger partial charge is 0.0477 e. The molecule has 0 radical (unpaired) electrons. The predicted molar refractivity (Wildman–Crippen MR) is 87.0 cm³/mol. The third-order valence-electron chi connectivity index (χ3n) is 4.02. The Morgan fingerprint density at radius 3 is 2.55 bits per heavy atom. The molecule has 3 heteroatoms. The molecule has 0 saturated carbocycles. The molecule has 2 rings (SSSR count). The summed E-state index contributed by atoms with van der Waals surface area (Å²) in [5.74, 6) is 0. The van der Waals surface area contributed by atoms with Gasteiger partial charge in [0.25, 0.3) is 0 Å². The fourth-order valence-corrected chi connectivity index (χ4v) is 2.94. The number of halogens is 1. The lowest BCUT2D eigenvalue weighted by atomic mass is 9.84. The van der Waals surface area contributed by atoms with Crippen molar-refractivity contribution in [2.24, 2.45) is 5.41 Å². The van der Waals surface area contributed by atoms with E-state index in [1.807, 2.05) is 0 Å². The lowest BCUT2D eigenvalue weighted by Gasteiger charge is -2.45. The van der Waals surface area contributed by atoms with Crippen molar-refractivity contribution in [2.45, 2.75) is 32.9 Å². The zero-order valence-electron chi connectivity index (χ0n) is 12.7. The van der Waals surface area contributed by atoms with E-state index in [2.05, 4.69) is 67.9 Å². The molecular formula is C17H25ClN2. The van der Waals surface area contributed by atoms with Gasteiger partial charge in [0.1, 0.15) is 0 Å². The molecule has 0 bridgehead atoms. The number of nitrogens with one attached hydrogen (secondary N) is 1. The quantitative estimate of drug-likeness (QED) is 0.911. The van der Waals surface area contributed by atoms with E-state index in [4.69, 9.17) is 11.6 Å². The molecule has 1 N–H and O–H groups in total. The highest BCUT2D eigenvalue weighted by molar-refractivity contribution is 6.29. The Kier molecular flexibility index (Phi) is 4.90. The monoisotopic (exact) mass is 292 g/mol. The van der Waals surface area contributed by atoms with Crippen molar-refractivity contribution >= 4 is 11.6 Å². The zero-order chi connectivity index (χ0) is 14.8. The average molecular weight is 293 g/mol. The van der Waals surface area contributed by atoms with Gasteiger partial charge >= 0.3 is 0 Å². The molecule has 1 aromatic rings. The molecule has 1 aromatic carbocycles. The number of piperazine rings is 1. The van der Waals surface area contributed by atoms with Crippen LogP contribution in [0.15, 0.2) is 41.9 Å². The Labute approximate surface area is 127 Å². The predicted octanol–water partition coefficient (Wildman–Crippen LogP) is 3.80.